The third-order valence-electron chi connectivity index (χ3n) is 4.45. The van der Waals surface area contributed by atoms with Crippen LogP contribution in [0.3, 0.4) is 0 Å². The lowest BCUT2D eigenvalue weighted by Gasteiger charge is -2.25. The van der Waals surface area contributed by atoms with Gasteiger partial charge in [-0.2, -0.15) is 0 Å². The average molecular weight is 429 g/mol. The van der Waals surface area contributed by atoms with Gasteiger partial charge in [0.05, 0.1) is 11.4 Å². The first-order chi connectivity index (χ1) is 12.8. The number of likely N-dealkylation sites (N-methyl/N-ethyl adjacent to an activating group) is 1. The molecule has 2 aromatic carbocycles. The Hall–Kier alpha value is -2.44. The van der Waals surface area contributed by atoms with E-state index in [0.29, 0.717) is 17.5 Å². The van der Waals surface area contributed by atoms with Crippen molar-refractivity contribution in [2.75, 3.05) is 20.6 Å². The number of benzene rings is 2. The summed E-state index contributed by atoms with van der Waals surface area (Å²) in [5.41, 5.74) is 2.43. The summed E-state index contributed by atoms with van der Waals surface area (Å²) in [6.07, 6.45) is 0. The number of rotatable bonds is 5. The topological polar surface area (TPSA) is 62.6 Å². The maximum absolute atomic E-state index is 12.5. The van der Waals surface area contributed by atoms with Crippen LogP contribution in [0, 0.1) is 6.92 Å². The predicted octanol–water partition coefficient (Wildman–Crippen LogP) is 3.90. The molecule has 5 nitrogen and oxygen atoms in total. The van der Waals surface area contributed by atoms with Crippen LogP contribution in [0.15, 0.2) is 62.2 Å². The van der Waals surface area contributed by atoms with Crippen LogP contribution in [0.2, 0.25) is 0 Å². The highest BCUT2D eigenvalue weighted by atomic mass is 79.9. The maximum atomic E-state index is 12.5. The van der Waals surface area contributed by atoms with Gasteiger partial charge in [-0.15, -0.1) is 0 Å². The maximum Gasteiger partial charge on any atom is 0.287 e. The van der Waals surface area contributed by atoms with Gasteiger partial charge in [-0.3, -0.25) is 9.59 Å². The minimum Gasteiger partial charge on any atom is -0.451 e. The Morgan fingerprint density at radius 1 is 1.15 bits per heavy atom. The zero-order chi connectivity index (χ0) is 19.6. The van der Waals surface area contributed by atoms with Crippen molar-refractivity contribution in [3.63, 3.8) is 0 Å². The van der Waals surface area contributed by atoms with E-state index >= 15 is 0 Å². The number of hydrogen-bond acceptors (Lipinski definition) is 4. The first-order valence-electron chi connectivity index (χ1n) is 8.60. The van der Waals surface area contributed by atoms with Crippen molar-refractivity contribution in [2.45, 2.75) is 13.0 Å². The summed E-state index contributed by atoms with van der Waals surface area (Å²) >= 11 is 3.33. The van der Waals surface area contributed by atoms with Gasteiger partial charge < -0.3 is 14.6 Å². The minimum absolute atomic E-state index is 0.0104. The van der Waals surface area contributed by atoms with Gasteiger partial charge in [0, 0.05) is 17.1 Å². The van der Waals surface area contributed by atoms with Crippen LogP contribution in [0.1, 0.15) is 27.7 Å². The van der Waals surface area contributed by atoms with Gasteiger partial charge in [0.15, 0.2) is 11.2 Å². The Bertz CT molecular complexity index is 1030. The van der Waals surface area contributed by atoms with Crippen LogP contribution in [-0.2, 0) is 0 Å². The fourth-order valence-electron chi connectivity index (χ4n) is 2.90. The molecule has 0 bridgehead atoms. The number of hydrogen-bond donors (Lipinski definition) is 1. The molecule has 0 aliphatic carbocycles. The number of aryl methyl sites for hydroxylation is 1. The fraction of sp³-hybridized carbons (Fsp3) is 0.238. The Kier molecular flexibility index (Phi) is 5.77. The SMILES string of the molecule is Cc1ccc([C@@H](CNC(=O)c2cc(=O)c3cc(Br)ccc3o2)N(C)C)cc1. The van der Waals surface area contributed by atoms with Gasteiger partial charge in [-0.05, 0) is 44.8 Å². The van der Waals surface area contributed by atoms with E-state index < -0.39 is 5.91 Å². The summed E-state index contributed by atoms with van der Waals surface area (Å²) in [6, 6.07) is 14.6. The second-order valence-corrected chi connectivity index (χ2v) is 7.63. The molecule has 0 unspecified atom stereocenters. The summed E-state index contributed by atoms with van der Waals surface area (Å²) in [4.78, 5) is 26.9. The van der Waals surface area contributed by atoms with Crippen LogP contribution >= 0.6 is 15.9 Å². The molecule has 0 aliphatic rings. The first kappa shape index (κ1) is 19.3. The molecule has 0 spiro atoms. The Morgan fingerprint density at radius 2 is 1.85 bits per heavy atom. The third-order valence-corrected chi connectivity index (χ3v) is 4.95. The van der Waals surface area contributed by atoms with Crippen molar-refractivity contribution in [3.05, 3.63) is 80.1 Å². The van der Waals surface area contributed by atoms with Gasteiger partial charge in [-0.25, -0.2) is 0 Å². The summed E-state index contributed by atoms with van der Waals surface area (Å²) in [6.45, 7) is 2.44. The molecule has 0 radical (unpaired) electrons. The third kappa shape index (κ3) is 4.46. The van der Waals surface area contributed by atoms with E-state index in [-0.39, 0.29) is 17.2 Å². The summed E-state index contributed by atoms with van der Waals surface area (Å²) < 4.78 is 6.41. The van der Waals surface area contributed by atoms with E-state index in [4.69, 9.17) is 4.42 Å². The van der Waals surface area contributed by atoms with Crippen LogP contribution in [0.4, 0.5) is 0 Å². The number of nitrogens with zero attached hydrogens (tertiary/aromatic N) is 1. The number of fused-ring (bicyclic) bond motifs is 1. The van der Waals surface area contributed by atoms with Crippen molar-refractivity contribution >= 4 is 32.8 Å². The van der Waals surface area contributed by atoms with Gasteiger partial charge in [-0.1, -0.05) is 45.8 Å². The molecule has 27 heavy (non-hydrogen) atoms. The number of carbonyl (C=O) groups excluding carboxylic acids is 1. The van der Waals surface area contributed by atoms with Gasteiger partial charge in [0.1, 0.15) is 5.58 Å². The van der Waals surface area contributed by atoms with Crippen LogP contribution in [-0.4, -0.2) is 31.4 Å². The molecule has 1 N–H and O–H groups in total. The molecule has 0 saturated carbocycles. The summed E-state index contributed by atoms with van der Waals surface area (Å²) in [7, 11) is 3.93. The zero-order valence-corrected chi connectivity index (χ0v) is 17.0. The predicted molar refractivity (Wildman–Crippen MR) is 110 cm³/mol. The molecule has 1 atom stereocenters. The van der Waals surface area contributed by atoms with Crippen molar-refractivity contribution < 1.29 is 9.21 Å². The van der Waals surface area contributed by atoms with E-state index in [1.54, 1.807) is 18.2 Å². The average Bonchev–Trinajstić information content (AvgIpc) is 2.63. The normalized spacial score (nSPS) is 12.3. The number of nitrogens with one attached hydrogen (secondary N) is 1. The van der Waals surface area contributed by atoms with Crippen LogP contribution in [0.25, 0.3) is 11.0 Å². The van der Waals surface area contributed by atoms with E-state index in [0.717, 1.165) is 10.0 Å². The monoisotopic (exact) mass is 428 g/mol. The van der Waals surface area contributed by atoms with Crippen LogP contribution in [0.5, 0.6) is 0 Å². The number of halogens is 1. The molecular weight excluding hydrogens is 408 g/mol. The Balaban J connectivity index is 1.80. The highest BCUT2D eigenvalue weighted by Gasteiger charge is 2.18. The first-order valence-corrected chi connectivity index (χ1v) is 9.39. The van der Waals surface area contributed by atoms with Gasteiger partial charge in [0.25, 0.3) is 5.91 Å². The lowest BCUT2D eigenvalue weighted by molar-refractivity contribution is 0.0914. The molecule has 1 aromatic heterocycles. The number of carbonyl (C=O) groups is 1. The smallest absolute Gasteiger partial charge is 0.287 e. The molecule has 3 rings (SSSR count). The van der Waals surface area contributed by atoms with E-state index in [1.165, 1.54) is 11.6 Å². The summed E-state index contributed by atoms with van der Waals surface area (Å²) in [5.74, 6) is -0.396. The minimum atomic E-state index is -0.407. The molecule has 0 aliphatic heterocycles. The highest BCUT2D eigenvalue weighted by Crippen LogP contribution is 2.20. The second-order valence-electron chi connectivity index (χ2n) is 6.72. The van der Waals surface area contributed by atoms with Crippen molar-refractivity contribution in [1.29, 1.82) is 0 Å². The quantitative estimate of drug-likeness (QED) is 0.669. The molecular formula is C21H21BrN2O3. The lowest BCUT2D eigenvalue weighted by Crippen LogP contribution is -2.34. The van der Waals surface area contributed by atoms with Crippen molar-refractivity contribution in [2.24, 2.45) is 0 Å². The van der Waals surface area contributed by atoms with E-state index in [2.05, 4.69) is 33.4 Å². The van der Waals surface area contributed by atoms with E-state index in [1.807, 2.05) is 38.1 Å². The zero-order valence-electron chi connectivity index (χ0n) is 15.5. The second kappa shape index (κ2) is 8.06. The molecule has 1 amide bonds. The summed E-state index contributed by atoms with van der Waals surface area (Å²) in [5, 5.41) is 3.31. The Morgan fingerprint density at radius 3 is 2.52 bits per heavy atom. The standard InChI is InChI=1S/C21H21BrN2O3/c1-13-4-6-14(7-5-13)17(24(2)3)12-23-21(26)20-11-18(25)16-10-15(22)8-9-19(16)27-20/h4-11,17H,12H2,1-3H3,(H,23,26)/t17-/m1/s1. The fourth-order valence-corrected chi connectivity index (χ4v) is 3.27. The van der Waals surface area contributed by atoms with Gasteiger partial charge in [0.2, 0.25) is 0 Å². The lowest BCUT2D eigenvalue weighted by atomic mass is 10.0. The van der Waals surface area contributed by atoms with Crippen molar-refractivity contribution in [3.8, 4) is 0 Å². The molecule has 6 heteroatoms. The molecule has 0 saturated heterocycles. The Labute approximate surface area is 166 Å². The molecule has 1 heterocycles. The van der Waals surface area contributed by atoms with Crippen molar-refractivity contribution in [1.82, 2.24) is 10.2 Å². The highest BCUT2D eigenvalue weighted by molar-refractivity contribution is 9.10. The number of amides is 1. The van der Waals surface area contributed by atoms with E-state index in [9.17, 15) is 9.59 Å². The molecule has 0 fully saturated rings. The largest absolute Gasteiger partial charge is 0.451 e. The molecule has 3 aromatic rings. The molecule has 140 valence electrons. The van der Waals surface area contributed by atoms with Gasteiger partial charge >= 0.3 is 0 Å². The van der Waals surface area contributed by atoms with Crippen LogP contribution < -0.4 is 10.7 Å².